The lowest BCUT2D eigenvalue weighted by Crippen LogP contribution is -2.17. The Hall–Kier alpha value is -1.64. The zero-order valence-corrected chi connectivity index (χ0v) is 11.2. The van der Waals surface area contributed by atoms with E-state index in [9.17, 15) is 0 Å². The predicted octanol–water partition coefficient (Wildman–Crippen LogP) is 2.55. The van der Waals surface area contributed by atoms with Crippen LogP contribution in [-0.4, -0.2) is 18.3 Å². The number of aliphatic hydroxyl groups excluding tert-OH is 1. The molecular formula is C17H21NO. The van der Waals surface area contributed by atoms with Gasteiger partial charge in [0.05, 0.1) is 6.61 Å². The van der Waals surface area contributed by atoms with E-state index in [4.69, 9.17) is 5.11 Å². The number of aliphatic hydroxyl groups is 1. The third kappa shape index (κ3) is 4.86. The Labute approximate surface area is 115 Å². The molecule has 0 atom stereocenters. The quantitative estimate of drug-likeness (QED) is 0.745. The molecule has 0 heterocycles. The summed E-state index contributed by atoms with van der Waals surface area (Å²) in [5, 5.41) is 11.9. The highest BCUT2D eigenvalue weighted by Crippen LogP contribution is 2.09. The Morgan fingerprint density at radius 3 is 2.26 bits per heavy atom. The summed E-state index contributed by atoms with van der Waals surface area (Å²) >= 11 is 0. The molecule has 0 saturated heterocycles. The fraction of sp³-hybridized carbons (Fsp3) is 0.294. The summed E-state index contributed by atoms with van der Waals surface area (Å²) in [7, 11) is 0. The Bertz CT molecular complexity index is 482. The predicted molar refractivity (Wildman–Crippen MR) is 79.1 cm³/mol. The van der Waals surface area contributed by atoms with Gasteiger partial charge in [0.25, 0.3) is 0 Å². The van der Waals surface area contributed by atoms with Crippen LogP contribution in [0, 0.1) is 0 Å². The minimum Gasteiger partial charge on any atom is -0.395 e. The molecule has 100 valence electrons. The first-order chi connectivity index (χ1) is 9.38. The molecule has 0 spiro atoms. The summed E-state index contributed by atoms with van der Waals surface area (Å²) in [4.78, 5) is 0. The van der Waals surface area contributed by atoms with Crippen molar-refractivity contribution in [1.29, 1.82) is 0 Å². The summed E-state index contributed by atoms with van der Waals surface area (Å²) in [6.07, 6.45) is 2.15. The Kier molecular flexibility index (Phi) is 5.60. The molecule has 0 unspecified atom stereocenters. The van der Waals surface area contributed by atoms with Crippen LogP contribution in [0.2, 0.25) is 0 Å². The van der Waals surface area contributed by atoms with Crippen LogP contribution in [0.5, 0.6) is 0 Å². The highest BCUT2D eigenvalue weighted by atomic mass is 16.3. The molecule has 0 fully saturated rings. The summed E-state index contributed by atoms with van der Waals surface area (Å²) in [5.41, 5.74) is 4.03. The zero-order chi connectivity index (χ0) is 13.3. The van der Waals surface area contributed by atoms with Gasteiger partial charge in [0.15, 0.2) is 0 Å². The van der Waals surface area contributed by atoms with E-state index >= 15 is 0 Å². The third-order valence-electron chi connectivity index (χ3n) is 3.15. The maximum atomic E-state index is 8.75. The van der Waals surface area contributed by atoms with Gasteiger partial charge in [0.2, 0.25) is 0 Å². The molecule has 0 aliphatic heterocycles. The van der Waals surface area contributed by atoms with E-state index in [0.29, 0.717) is 6.54 Å². The fourth-order valence-corrected chi connectivity index (χ4v) is 2.14. The number of nitrogens with one attached hydrogen (secondary N) is 1. The molecule has 2 nitrogen and oxygen atoms in total. The Morgan fingerprint density at radius 2 is 1.47 bits per heavy atom. The standard InChI is InChI=1S/C17H21NO/c19-12-11-18-14-17-8-4-7-16(13-17)10-9-15-5-2-1-3-6-15/h1-8,13,18-19H,9-12,14H2. The van der Waals surface area contributed by atoms with Gasteiger partial charge in [0.1, 0.15) is 0 Å². The van der Waals surface area contributed by atoms with Gasteiger partial charge in [-0.3, -0.25) is 0 Å². The summed E-state index contributed by atoms with van der Waals surface area (Å²) in [5.74, 6) is 0. The monoisotopic (exact) mass is 255 g/mol. The van der Waals surface area contributed by atoms with Gasteiger partial charge in [0, 0.05) is 13.1 Å². The minimum absolute atomic E-state index is 0.188. The molecule has 0 amide bonds. The van der Waals surface area contributed by atoms with Crippen molar-refractivity contribution in [3.8, 4) is 0 Å². The van der Waals surface area contributed by atoms with Gasteiger partial charge in [-0.2, -0.15) is 0 Å². The third-order valence-corrected chi connectivity index (χ3v) is 3.15. The first-order valence-corrected chi connectivity index (χ1v) is 6.82. The molecule has 2 heteroatoms. The number of rotatable bonds is 7. The van der Waals surface area contributed by atoms with Crippen molar-refractivity contribution in [3.63, 3.8) is 0 Å². The molecule has 0 bridgehead atoms. The van der Waals surface area contributed by atoms with Crippen LogP contribution in [0.4, 0.5) is 0 Å². The van der Waals surface area contributed by atoms with Crippen LogP contribution in [0.25, 0.3) is 0 Å². The lowest BCUT2D eigenvalue weighted by Gasteiger charge is -2.06. The molecule has 0 aliphatic rings. The molecule has 2 aromatic carbocycles. The highest BCUT2D eigenvalue weighted by molar-refractivity contribution is 5.25. The zero-order valence-electron chi connectivity index (χ0n) is 11.2. The first-order valence-electron chi connectivity index (χ1n) is 6.82. The van der Waals surface area contributed by atoms with Gasteiger partial charge in [-0.05, 0) is 29.5 Å². The molecule has 0 saturated carbocycles. The second-order valence-electron chi connectivity index (χ2n) is 4.71. The Morgan fingerprint density at radius 1 is 0.789 bits per heavy atom. The van der Waals surface area contributed by atoms with Gasteiger partial charge in [-0.1, -0.05) is 54.6 Å². The highest BCUT2D eigenvalue weighted by Gasteiger charge is 1.98. The first kappa shape index (κ1) is 13.8. The number of hydrogen-bond donors (Lipinski definition) is 2. The van der Waals surface area contributed by atoms with E-state index in [1.807, 2.05) is 0 Å². The fourth-order valence-electron chi connectivity index (χ4n) is 2.14. The molecular weight excluding hydrogens is 234 g/mol. The van der Waals surface area contributed by atoms with Crippen molar-refractivity contribution < 1.29 is 5.11 Å². The number of aryl methyl sites for hydroxylation is 2. The van der Waals surface area contributed by atoms with Crippen molar-refractivity contribution in [3.05, 3.63) is 71.3 Å². The second-order valence-corrected chi connectivity index (χ2v) is 4.71. The van der Waals surface area contributed by atoms with Crippen LogP contribution >= 0.6 is 0 Å². The van der Waals surface area contributed by atoms with E-state index in [1.54, 1.807) is 0 Å². The maximum Gasteiger partial charge on any atom is 0.0556 e. The lowest BCUT2D eigenvalue weighted by atomic mass is 10.0. The SMILES string of the molecule is OCCNCc1cccc(CCc2ccccc2)c1. The van der Waals surface area contributed by atoms with Crippen LogP contribution in [0.1, 0.15) is 16.7 Å². The molecule has 19 heavy (non-hydrogen) atoms. The molecule has 2 rings (SSSR count). The molecule has 2 N–H and O–H groups in total. The molecule has 0 radical (unpaired) electrons. The topological polar surface area (TPSA) is 32.3 Å². The van der Waals surface area contributed by atoms with Gasteiger partial charge < -0.3 is 10.4 Å². The number of benzene rings is 2. The largest absolute Gasteiger partial charge is 0.395 e. The van der Waals surface area contributed by atoms with Crippen LogP contribution in [0.3, 0.4) is 0 Å². The summed E-state index contributed by atoms with van der Waals surface area (Å²) in [6.45, 7) is 1.65. The summed E-state index contributed by atoms with van der Waals surface area (Å²) < 4.78 is 0. The van der Waals surface area contributed by atoms with Crippen molar-refractivity contribution in [2.24, 2.45) is 0 Å². The van der Waals surface area contributed by atoms with Crippen LogP contribution in [-0.2, 0) is 19.4 Å². The van der Waals surface area contributed by atoms with Crippen molar-refractivity contribution in [2.45, 2.75) is 19.4 Å². The molecule has 0 aromatic heterocycles. The summed E-state index contributed by atoms with van der Waals surface area (Å²) in [6, 6.07) is 19.2. The molecule has 0 aliphatic carbocycles. The minimum atomic E-state index is 0.188. The van der Waals surface area contributed by atoms with E-state index in [2.05, 4.69) is 59.9 Å². The lowest BCUT2D eigenvalue weighted by molar-refractivity contribution is 0.292. The van der Waals surface area contributed by atoms with Gasteiger partial charge >= 0.3 is 0 Å². The van der Waals surface area contributed by atoms with E-state index in [0.717, 1.165) is 19.4 Å². The smallest absolute Gasteiger partial charge is 0.0556 e. The van der Waals surface area contributed by atoms with E-state index in [1.165, 1.54) is 16.7 Å². The van der Waals surface area contributed by atoms with Crippen molar-refractivity contribution in [2.75, 3.05) is 13.2 Å². The van der Waals surface area contributed by atoms with Crippen molar-refractivity contribution in [1.82, 2.24) is 5.32 Å². The normalized spacial score (nSPS) is 10.6. The maximum absolute atomic E-state index is 8.75. The van der Waals surface area contributed by atoms with Crippen LogP contribution in [0.15, 0.2) is 54.6 Å². The Balaban J connectivity index is 1.88. The average molecular weight is 255 g/mol. The average Bonchev–Trinajstić information content (AvgIpc) is 2.47. The second kappa shape index (κ2) is 7.72. The van der Waals surface area contributed by atoms with Gasteiger partial charge in [-0.25, -0.2) is 0 Å². The van der Waals surface area contributed by atoms with E-state index < -0.39 is 0 Å². The van der Waals surface area contributed by atoms with E-state index in [-0.39, 0.29) is 6.61 Å². The molecule has 2 aromatic rings. The van der Waals surface area contributed by atoms with Crippen molar-refractivity contribution >= 4 is 0 Å². The number of hydrogen-bond acceptors (Lipinski definition) is 2. The van der Waals surface area contributed by atoms with Crippen LogP contribution < -0.4 is 5.32 Å². The van der Waals surface area contributed by atoms with Gasteiger partial charge in [-0.15, -0.1) is 0 Å².